The van der Waals surface area contributed by atoms with Crippen LogP contribution in [0.3, 0.4) is 0 Å². The standard InChI is InChI=1S/C20H27ClN2O2/c1-20(2,3)19(25)23-17(13-14-9-11-15(21)12-10-14)18(24)22-16-7-5-4-6-8-16/h9-13,16H,4-8H2,1-3H3,(H,22,24)(H,23,25)/b17-13+. The molecule has 5 heteroatoms. The zero-order chi connectivity index (χ0) is 18.4. The second kappa shape index (κ2) is 8.52. The molecule has 0 unspecified atom stereocenters. The van der Waals surface area contributed by atoms with Crippen LogP contribution in [0.2, 0.25) is 5.02 Å². The van der Waals surface area contributed by atoms with Crippen LogP contribution in [-0.2, 0) is 9.59 Å². The fourth-order valence-electron chi connectivity index (χ4n) is 2.70. The van der Waals surface area contributed by atoms with Crippen LogP contribution in [-0.4, -0.2) is 17.9 Å². The van der Waals surface area contributed by atoms with Crippen molar-refractivity contribution in [2.75, 3.05) is 0 Å². The molecular formula is C20H27ClN2O2. The van der Waals surface area contributed by atoms with Crippen LogP contribution in [0.4, 0.5) is 0 Å². The van der Waals surface area contributed by atoms with Crippen molar-refractivity contribution in [3.8, 4) is 0 Å². The van der Waals surface area contributed by atoms with Gasteiger partial charge >= 0.3 is 0 Å². The fraction of sp³-hybridized carbons (Fsp3) is 0.500. The van der Waals surface area contributed by atoms with Gasteiger partial charge in [0.05, 0.1) is 0 Å². The maximum atomic E-state index is 12.7. The zero-order valence-corrected chi connectivity index (χ0v) is 16.0. The Bertz CT molecular complexity index is 639. The fourth-order valence-corrected chi connectivity index (χ4v) is 2.83. The minimum absolute atomic E-state index is 0.182. The molecule has 0 heterocycles. The molecule has 4 nitrogen and oxygen atoms in total. The number of carbonyl (C=O) groups is 2. The van der Waals surface area contributed by atoms with Gasteiger partial charge in [-0.15, -0.1) is 0 Å². The maximum Gasteiger partial charge on any atom is 0.268 e. The molecule has 1 fully saturated rings. The molecule has 1 aromatic rings. The van der Waals surface area contributed by atoms with E-state index < -0.39 is 5.41 Å². The number of amides is 2. The lowest BCUT2D eigenvalue weighted by atomic mass is 9.94. The Balaban J connectivity index is 2.19. The highest BCUT2D eigenvalue weighted by atomic mass is 35.5. The SMILES string of the molecule is CC(C)(C)C(=O)N/C(=C/c1ccc(Cl)cc1)C(=O)NC1CCCCC1. The van der Waals surface area contributed by atoms with Gasteiger partial charge in [0.25, 0.3) is 5.91 Å². The molecular weight excluding hydrogens is 336 g/mol. The first-order valence-corrected chi connectivity index (χ1v) is 9.23. The first kappa shape index (κ1) is 19.5. The third-order valence-corrected chi connectivity index (χ3v) is 4.55. The molecule has 0 radical (unpaired) electrons. The van der Waals surface area contributed by atoms with Gasteiger partial charge in [-0.05, 0) is 36.6 Å². The largest absolute Gasteiger partial charge is 0.348 e. The van der Waals surface area contributed by atoms with Crippen LogP contribution in [0, 0.1) is 5.41 Å². The Morgan fingerprint density at radius 3 is 2.24 bits per heavy atom. The van der Waals surface area contributed by atoms with E-state index in [0.29, 0.717) is 5.02 Å². The molecule has 1 aromatic carbocycles. The number of rotatable bonds is 4. The highest BCUT2D eigenvalue weighted by Crippen LogP contribution is 2.19. The van der Waals surface area contributed by atoms with E-state index in [-0.39, 0.29) is 23.6 Å². The van der Waals surface area contributed by atoms with Gasteiger partial charge in [0.1, 0.15) is 5.70 Å². The minimum atomic E-state index is -0.579. The summed E-state index contributed by atoms with van der Waals surface area (Å²) >= 11 is 5.91. The van der Waals surface area contributed by atoms with E-state index in [0.717, 1.165) is 31.2 Å². The van der Waals surface area contributed by atoms with Crippen LogP contribution in [0.5, 0.6) is 0 Å². The van der Waals surface area contributed by atoms with Crippen LogP contribution in [0.15, 0.2) is 30.0 Å². The molecule has 2 rings (SSSR count). The van der Waals surface area contributed by atoms with Crippen LogP contribution >= 0.6 is 11.6 Å². The molecule has 1 saturated carbocycles. The van der Waals surface area contributed by atoms with Crippen molar-refractivity contribution >= 4 is 29.5 Å². The third kappa shape index (κ3) is 6.20. The number of halogens is 1. The predicted molar refractivity (Wildman–Crippen MR) is 102 cm³/mol. The predicted octanol–water partition coefficient (Wildman–Crippen LogP) is 4.29. The van der Waals surface area contributed by atoms with Gasteiger partial charge in [-0.2, -0.15) is 0 Å². The van der Waals surface area contributed by atoms with E-state index in [4.69, 9.17) is 11.6 Å². The molecule has 0 saturated heterocycles. The van der Waals surface area contributed by atoms with Crippen LogP contribution in [0.1, 0.15) is 58.4 Å². The lowest BCUT2D eigenvalue weighted by Gasteiger charge is -2.24. The Hall–Kier alpha value is -1.81. The molecule has 0 aromatic heterocycles. The quantitative estimate of drug-likeness (QED) is 0.785. The second-order valence-corrected chi connectivity index (χ2v) is 8.06. The van der Waals surface area contributed by atoms with E-state index in [2.05, 4.69) is 10.6 Å². The van der Waals surface area contributed by atoms with Crippen molar-refractivity contribution in [1.82, 2.24) is 10.6 Å². The Morgan fingerprint density at radius 1 is 1.08 bits per heavy atom. The average Bonchev–Trinajstić information content (AvgIpc) is 2.56. The molecule has 0 spiro atoms. The summed E-state index contributed by atoms with van der Waals surface area (Å²) in [6, 6.07) is 7.34. The van der Waals surface area contributed by atoms with Crippen LogP contribution < -0.4 is 10.6 Å². The summed E-state index contributed by atoms with van der Waals surface area (Å²) in [7, 11) is 0. The summed E-state index contributed by atoms with van der Waals surface area (Å²) in [5.74, 6) is -0.425. The van der Waals surface area contributed by atoms with Gasteiger partial charge in [-0.3, -0.25) is 9.59 Å². The van der Waals surface area contributed by atoms with Crippen molar-refractivity contribution in [3.05, 3.63) is 40.5 Å². The Kier molecular flexibility index (Phi) is 6.65. The summed E-state index contributed by atoms with van der Waals surface area (Å²) in [6.07, 6.45) is 7.17. The summed E-state index contributed by atoms with van der Waals surface area (Å²) in [6.45, 7) is 5.46. The van der Waals surface area contributed by atoms with Gasteiger partial charge in [-0.1, -0.05) is 63.8 Å². The summed E-state index contributed by atoms with van der Waals surface area (Å²) in [4.78, 5) is 25.1. The van der Waals surface area contributed by atoms with Gasteiger partial charge in [-0.25, -0.2) is 0 Å². The summed E-state index contributed by atoms with van der Waals surface area (Å²) in [5.41, 5.74) is 0.504. The molecule has 1 aliphatic carbocycles. The van der Waals surface area contributed by atoms with E-state index in [1.54, 1.807) is 18.2 Å². The van der Waals surface area contributed by atoms with Crippen molar-refractivity contribution in [1.29, 1.82) is 0 Å². The van der Waals surface area contributed by atoms with E-state index >= 15 is 0 Å². The van der Waals surface area contributed by atoms with Crippen molar-refractivity contribution in [3.63, 3.8) is 0 Å². The van der Waals surface area contributed by atoms with Crippen LogP contribution in [0.25, 0.3) is 6.08 Å². The number of hydrogen-bond acceptors (Lipinski definition) is 2. The number of carbonyl (C=O) groups excluding carboxylic acids is 2. The molecule has 2 N–H and O–H groups in total. The minimum Gasteiger partial charge on any atom is -0.348 e. The first-order chi connectivity index (χ1) is 11.8. The molecule has 1 aliphatic rings. The zero-order valence-electron chi connectivity index (χ0n) is 15.2. The van der Waals surface area contributed by atoms with E-state index in [9.17, 15) is 9.59 Å². The lowest BCUT2D eigenvalue weighted by Crippen LogP contribution is -2.43. The maximum absolute atomic E-state index is 12.7. The monoisotopic (exact) mass is 362 g/mol. The first-order valence-electron chi connectivity index (χ1n) is 8.85. The number of nitrogens with one attached hydrogen (secondary N) is 2. The van der Waals surface area contributed by atoms with Gasteiger partial charge in [0.2, 0.25) is 5.91 Å². The van der Waals surface area contributed by atoms with E-state index in [1.807, 2.05) is 32.9 Å². The topological polar surface area (TPSA) is 58.2 Å². The molecule has 25 heavy (non-hydrogen) atoms. The molecule has 2 amide bonds. The Labute approximate surface area is 155 Å². The van der Waals surface area contributed by atoms with Crippen molar-refractivity contribution in [2.24, 2.45) is 5.41 Å². The average molecular weight is 363 g/mol. The smallest absolute Gasteiger partial charge is 0.268 e. The molecule has 0 bridgehead atoms. The van der Waals surface area contributed by atoms with Gasteiger partial charge in [0, 0.05) is 16.5 Å². The number of hydrogen-bond donors (Lipinski definition) is 2. The highest BCUT2D eigenvalue weighted by Gasteiger charge is 2.25. The van der Waals surface area contributed by atoms with Gasteiger partial charge < -0.3 is 10.6 Å². The van der Waals surface area contributed by atoms with E-state index in [1.165, 1.54) is 6.42 Å². The molecule has 0 atom stereocenters. The molecule has 0 aliphatic heterocycles. The Morgan fingerprint density at radius 2 is 1.68 bits per heavy atom. The lowest BCUT2D eigenvalue weighted by molar-refractivity contribution is -0.129. The van der Waals surface area contributed by atoms with Crippen molar-refractivity contribution in [2.45, 2.75) is 58.9 Å². The highest BCUT2D eigenvalue weighted by molar-refractivity contribution is 6.30. The van der Waals surface area contributed by atoms with Crippen molar-refractivity contribution < 1.29 is 9.59 Å². The third-order valence-electron chi connectivity index (χ3n) is 4.30. The molecule has 136 valence electrons. The second-order valence-electron chi connectivity index (χ2n) is 7.62. The van der Waals surface area contributed by atoms with Gasteiger partial charge in [0.15, 0.2) is 0 Å². The summed E-state index contributed by atoms with van der Waals surface area (Å²) in [5, 5.41) is 6.47. The summed E-state index contributed by atoms with van der Waals surface area (Å²) < 4.78 is 0. The number of benzene rings is 1. The normalized spacial score (nSPS) is 16.4.